The monoisotopic (exact) mass is 491 g/mol. The molecule has 116 valence electrons. The normalized spacial score (nSPS) is 10.2. The summed E-state index contributed by atoms with van der Waals surface area (Å²) >= 11 is 10.1. The lowest BCUT2D eigenvalue weighted by Gasteiger charge is -2.12. The second kappa shape index (κ2) is 7.48. The van der Waals surface area contributed by atoms with E-state index in [1.54, 1.807) is 31.4 Å². The Morgan fingerprint density at radius 2 is 1.73 bits per heavy atom. The maximum Gasteiger partial charge on any atom is 0.259 e. The van der Waals surface area contributed by atoms with Gasteiger partial charge in [-0.05, 0) is 62.2 Å². The lowest BCUT2D eigenvalue weighted by molar-refractivity contribution is 0.102. The largest absolute Gasteiger partial charge is 0.496 e. The Morgan fingerprint density at radius 3 is 2.32 bits per heavy atom. The number of benzene rings is 2. The number of amides is 1. The SMILES string of the molecule is COc1ccc(NC(=O)c2cc(Br)cc(Br)c2OC)cc1Br. The van der Waals surface area contributed by atoms with E-state index in [1.807, 2.05) is 6.07 Å². The van der Waals surface area contributed by atoms with E-state index in [2.05, 4.69) is 53.1 Å². The molecule has 0 aliphatic rings. The van der Waals surface area contributed by atoms with Gasteiger partial charge in [-0.2, -0.15) is 0 Å². The number of anilines is 1. The number of nitrogens with one attached hydrogen (secondary N) is 1. The molecule has 0 spiro atoms. The average Bonchev–Trinajstić information content (AvgIpc) is 2.46. The van der Waals surface area contributed by atoms with Gasteiger partial charge in [0, 0.05) is 10.2 Å². The summed E-state index contributed by atoms with van der Waals surface area (Å²) in [4.78, 5) is 12.5. The van der Waals surface area contributed by atoms with Gasteiger partial charge >= 0.3 is 0 Å². The molecule has 0 radical (unpaired) electrons. The molecule has 2 rings (SSSR count). The number of rotatable bonds is 4. The molecule has 0 fully saturated rings. The highest BCUT2D eigenvalue weighted by atomic mass is 79.9. The van der Waals surface area contributed by atoms with Crippen molar-refractivity contribution < 1.29 is 14.3 Å². The van der Waals surface area contributed by atoms with Crippen molar-refractivity contribution in [1.82, 2.24) is 0 Å². The summed E-state index contributed by atoms with van der Waals surface area (Å²) in [6.07, 6.45) is 0. The molecule has 0 aromatic heterocycles. The second-order valence-electron chi connectivity index (χ2n) is 4.27. The fourth-order valence-electron chi connectivity index (χ4n) is 1.88. The minimum atomic E-state index is -0.268. The Bertz CT molecular complexity index is 719. The molecule has 0 saturated heterocycles. The van der Waals surface area contributed by atoms with Gasteiger partial charge in [0.1, 0.15) is 11.5 Å². The number of hydrogen-bond donors (Lipinski definition) is 1. The quantitative estimate of drug-likeness (QED) is 0.633. The Labute approximate surface area is 153 Å². The van der Waals surface area contributed by atoms with Crippen LogP contribution in [-0.4, -0.2) is 20.1 Å². The van der Waals surface area contributed by atoms with Crippen molar-refractivity contribution in [3.05, 3.63) is 49.3 Å². The van der Waals surface area contributed by atoms with Crippen LogP contribution >= 0.6 is 47.8 Å². The number of carbonyl (C=O) groups is 1. The molecule has 22 heavy (non-hydrogen) atoms. The molecule has 0 unspecified atom stereocenters. The van der Waals surface area contributed by atoms with Gasteiger partial charge in [0.05, 0.1) is 28.7 Å². The van der Waals surface area contributed by atoms with Crippen LogP contribution in [0, 0.1) is 0 Å². The van der Waals surface area contributed by atoms with Crippen LogP contribution in [0.3, 0.4) is 0 Å². The average molecular weight is 494 g/mol. The fraction of sp³-hybridized carbons (Fsp3) is 0.133. The van der Waals surface area contributed by atoms with Crippen molar-refractivity contribution in [2.75, 3.05) is 19.5 Å². The van der Waals surface area contributed by atoms with Crippen molar-refractivity contribution in [1.29, 1.82) is 0 Å². The predicted molar refractivity (Wildman–Crippen MR) is 97.0 cm³/mol. The molecule has 1 amide bonds. The third kappa shape index (κ3) is 3.83. The van der Waals surface area contributed by atoms with Crippen molar-refractivity contribution in [2.45, 2.75) is 0 Å². The van der Waals surface area contributed by atoms with E-state index in [-0.39, 0.29) is 5.91 Å². The van der Waals surface area contributed by atoms with E-state index in [0.29, 0.717) is 27.2 Å². The first-order valence-corrected chi connectivity index (χ1v) is 8.52. The van der Waals surface area contributed by atoms with Gasteiger partial charge in [0.25, 0.3) is 5.91 Å². The molecule has 0 aliphatic carbocycles. The minimum Gasteiger partial charge on any atom is -0.496 e. The smallest absolute Gasteiger partial charge is 0.259 e. The summed E-state index contributed by atoms with van der Waals surface area (Å²) < 4.78 is 12.7. The summed E-state index contributed by atoms with van der Waals surface area (Å²) in [6, 6.07) is 8.84. The maximum atomic E-state index is 12.5. The molecular weight excluding hydrogens is 482 g/mol. The summed E-state index contributed by atoms with van der Waals surface area (Å²) in [5.74, 6) is 0.907. The predicted octanol–water partition coefficient (Wildman–Crippen LogP) is 5.24. The van der Waals surface area contributed by atoms with E-state index in [0.717, 1.165) is 8.95 Å². The lowest BCUT2D eigenvalue weighted by Crippen LogP contribution is -2.13. The van der Waals surface area contributed by atoms with Crippen molar-refractivity contribution >= 4 is 59.4 Å². The highest BCUT2D eigenvalue weighted by molar-refractivity contribution is 9.11. The first-order valence-electron chi connectivity index (χ1n) is 6.14. The van der Waals surface area contributed by atoms with Crippen LogP contribution in [-0.2, 0) is 0 Å². The summed E-state index contributed by atoms with van der Waals surface area (Å²) in [5, 5.41) is 2.83. The molecule has 0 heterocycles. The molecule has 7 heteroatoms. The van der Waals surface area contributed by atoms with Crippen LogP contribution < -0.4 is 14.8 Å². The van der Waals surface area contributed by atoms with Crippen molar-refractivity contribution in [3.63, 3.8) is 0 Å². The second-order valence-corrected chi connectivity index (χ2v) is 6.90. The Balaban J connectivity index is 2.31. The van der Waals surface area contributed by atoms with Crippen LogP contribution in [0.5, 0.6) is 11.5 Å². The lowest BCUT2D eigenvalue weighted by atomic mass is 10.2. The van der Waals surface area contributed by atoms with E-state index >= 15 is 0 Å². The third-order valence-electron chi connectivity index (χ3n) is 2.87. The molecule has 0 aliphatic heterocycles. The first-order chi connectivity index (χ1) is 10.5. The third-order valence-corrected chi connectivity index (χ3v) is 4.53. The van der Waals surface area contributed by atoms with E-state index in [4.69, 9.17) is 9.47 Å². The summed E-state index contributed by atoms with van der Waals surface area (Å²) in [5.41, 5.74) is 1.08. The molecule has 0 atom stereocenters. The number of ether oxygens (including phenoxy) is 2. The molecule has 2 aromatic rings. The van der Waals surface area contributed by atoms with Gasteiger partial charge < -0.3 is 14.8 Å². The highest BCUT2D eigenvalue weighted by Gasteiger charge is 2.17. The van der Waals surface area contributed by atoms with E-state index < -0.39 is 0 Å². The summed E-state index contributed by atoms with van der Waals surface area (Å²) in [6.45, 7) is 0. The molecule has 2 aromatic carbocycles. The Kier molecular flexibility index (Phi) is 5.88. The van der Waals surface area contributed by atoms with Gasteiger partial charge in [-0.1, -0.05) is 15.9 Å². The van der Waals surface area contributed by atoms with Gasteiger partial charge in [-0.15, -0.1) is 0 Å². The number of methoxy groups -OCH3 is 2. The molecule has 0 bridgehead atoms. The number of carbonyl (C=O) groups excluding carboxylic acids is 1. The van der Waals surface area contributed by atoms with Crippen LogP contribution in [0.4, 0.5) is 5.69 Å². The zero-order valence-corrected chi connectivity index (χ0v) is 16.5. The topological polar surface area (TPSA) is 47.6 Å². The zero-order chi connectivity index (χ0) is 16.3. The number of halogens is 3. The molecule has 4 nitrogen and oxygen atoms in total. The summed E-state index contributed by atoms with van der Waals surface area (Å²) in [7, 11) is 3.11. The Morgan fingerprint density at radius 1 is 1.00 bits per heavy atom. The van der Waals surface area contributed by atoms with Crippen LogP contribution in [0.25, 0.3) is 0 Å². The van der Waals surface area contributed by atoms with Gasteiger partial charge in [-0.25, -0.2) is 0 Å². The van der Waals surface area contributed by atoms with Gasteiger partial charge in [0.15, 0.2) is 0 Å². The van der Waals surface area contributed by atoms with Crippen molar-refractivity contribution in [3.8, 4) is 11.5 Å². The van der Waals surface area contributed by atoms with E-state index in [1.165, 1.54) is 7.11 Å². The van der Waals surface area contributed by atoms with Crippen LogP contribution in [0.1, 0.15) is 10.4 Å². The first kappa shape index (κ1) is 17.3. The van der Waals surface area contributed by atoms with Crippen LogP contribution in [0.2, 0.25) is 0 Å². The Hall–Kier alpha value is -1.05. The maximum absolute atomic E-state index is 12.5. The molecule has 1 N–H and O–H groups in total. The van der Waals surface area contributed by atoms with Gasteiger partial charge in [0.2, 0.25) is 0 Å². The molecule has 0 saturated carbocycles. The minimum absolute atomic E-state index is 0.268. The fourth-order valence-corrected chi connectivity index (χ4v) is 3.81. The number of hydrogen-bond acceptors (Lipinski definition) is 3. The molecular formula is C15H12Br3NO3. The van der Waals surface area contributed by atoms with Crippen molar-refractivity contribution in [2.24, 2.45) is 0 Å². The van der Waals surface area contributed by atoms with Crippen LogP contribution in [0.15, 0.2) is 43.7 Å². The van der Waals surface area contributed by atoms with Gasteiger partial charge in [-0.3, -0.25) is 4.79 Å². The standard InChI is InChI=1S/C15H12Br3NO3/c1-21-13-4-3-9(7-11(13)17)19-15(20)10-5-8(16)6-12(18)14(10)22-2/h3-7H,1-2H3,(H,19,20). The van der Waals surface area contributed by atoms with E-state index in [9.17, 15) is 4.79 Å². The highest BCUT2D eigenvalue weighted by Crippen LogP contribution is 2.33. The zero-order valence-electron chi connectivity index (χ0n) is 11.7.